The number of aromatic nitrogens is 1. The molecule has 1 aliphatic rings. The first-order chi connectivity index (χ1) is 11.2. The maximum Gasteiger partial charge on any atom is 0.257 e. The molecule has 23 heavy (non-hydrogen) atoms. The highest BCUT2D eigenvalue weighted by Crippen LogP contribution is 2.25. The van der Waals surface area contributed by atoms with Crippen molar-refractivity contribution in [2.24, 2.45) is 11.0 Å². The Morgan fingerprint density at radius 3 is 2.91 bits per heavy atom. The van der Waals surface area contributed by atoms with Crippen LogP contribution < -0.4 is 5.43 Å². The van der Waals surface area contributed by atoms with Crippen molar-refractivity contribution in [2.45, 2.75) is 44.3 Å². The van der Waals surface area contributed by atoms with Crippen molar-refractivity contribution in [2.75, 3.05) is 5.75 Å². The van der Waals surface area contributed by atoms with E-state index in [1.807, 2.05) is 31.2 Å². The molecule has 1 aliphatic carbocycles. The van der Waals surface area contributed by atoms with Crippen LogP contribution in [-0.4, -0.2) is 22.4 Å². The molecule has 0 spiro atoms. The minimum atomic E-state index is -0.132. The van der Waals surface area contributed by atoms with Crippen LogP contribution >= 0.6 is 11.8 Å². The van der Waals surface area contributed by atoms with Gasteiger partial charge in [0.25, 0.3) is 11.1 Å². The van der Waals surface area contributed by atoms with Crippen molar-refractivity contribution < 1.29 is 9.21 Å². The van der Waals surface area contributed by atoms with Gasteiger partial charge in [-0.15, -0.1) is 0 Å². The Morgan fingerprint density at radius 2 is 2.13 bits per heavy atom. The fourth-order valence-corrected chi connectivity index (χ4v) is 3.47. The number of hydrazone groups is 1. The van der Waals surface area contributed by atoms with Crippen molar-refractivity contribution in [3.8, 4) is 0 Å². The third-order valence-electron chi connectivity index (χ3n) is 4.15. The summed E-state index contributed by atoms with van der Waals surface area (Å²) in [7, 11) is 0. The van der Waals surface area contributed by atoms with E-state index in [4.69, 9.17) is 4.42 Å². The van der Waals surface area contributed by atoms with Gasteiger partial charge in [0.15, 0.2) is 5.58 Å². The van der Waals surface area contributed by atoms with Gasteiger partial charge in [-0.25, -0.2) is 10.4 Å². The van der Waals surface area contributed by atoms with E-state index >= 15 is 0 Å². The lowest BCUT2D eigenvalue weighted by atomic mass is 9.86. The first kappa shape index (κ1) is 16.1. The smallest absolute Gasteiger partial charge is 0.257 e. The zero-order valence-electron chi connectivity index (χ0n) is 13.2. The van der Waals surface area contributed by atoms with Gasteiger partial charge in [-0.1, -0.05) is 43.2 Å². The van der Waals surface area contributed by atoms with Crippen LogP contribution in [-0.2, 0) is 4.79 Å². The number of carbonyl (C=O) groups is 1. The number of hydrogen-bond donors (Lipinski definition) is 1. The van der Waals surface area contributed by atoms with Gasteiger partial charge in [0.05, 0.1) is 5.75 Å². The number of benzene rings is 1. The predicted molar refractivity (Wildman–Crippen MR) is 92.6 cm³/mol. The van der Waals surface area contributed by atoms with Gasteiger partial charge in [-0.3, -0.25) is 4.79 Å². The summed E-state index contributed by atoms with van der Waals surface area (Å²) in [5.74, 6) is 0.634. The van der Waals surface area contributed by atoms with Crippen LogP contribution in [0.15, 0.2) is 39.0 Å². The molecule has 1 aromatic heterocycles. The summed E-state index contributed by atoms with van der Waals surface area (Å²) in [6.07, 6.45) is 6.21. The number of amides is 1. The minimum Gasteiger partial charge on any atom is -0.431 e. The molecule has 1 N–H and O–H groups in total. The number of fused-ring (bicyclic) bond motifs is 1. The van der Waals surface area contributed by atoms with Crippen LogP contribution in [0.25, 0.3) is 11.1 Å². The van der Waals surface area contributed by atoms with E-state index in [1.165, 1.54) is 43.9 Å². The molecule has 0 saturated heterocycles. The average molecular weight is 331 g/mol. The molecule has 5 nitrogen and oxygen atoms in total. The van der Waals surface area contributed by atoms with Gasteiger partial charge >= 0.3 is 0 Å². The topological polar surface area (TPSA) is 67.5 Å². The molecule has 1 amide bonds. The van der Waals surface area contributed by atoms with E-state index in [0.29, 0.717) is 11.1 Å². The third-order valence-corrected chi connectivity index (χ3v) is 4.98. The molecule has 6 heteroatoms. The molecule has 3 rings (SSSR count). The second kappa shape index (κ2) is 7.64. The van der Waals surface area contributed by atoms with Crippen molar-refractivity contribution in [1.29, 1.82) is 0 Å². The number of nitrogens with one attached hydrogen (secondary N) is 1. The van der Waals surface area contributed by atoms with Gasteiger partial charge < -0.3 is 4.42 Å². The van der Waals surface area contributed by atoms with Crippen LogP contribution in [0.5, 0.6) is 0 Å². The zero-order valence-corrected chi connectivity index (χ0v) is 14.1. The van der Waals surface area contributed by atoms with Crippen LogP contribution in [0.4, 0.5) is 0 Å². The van der Waals surface area contributed by atoms with Gasteiger partial charge in [0.1, 0.15) is 5.52 Å². The summed E-state index contributed by atoms with van der Waals surface area (Å²) in [5, 5.41) is 4.76. The molecule has 0 bridgehead atoms. The Morgan fingerprint density at radius 1 is 1.35 bits per heavy atom. The summed E-state index contributed by atoms with van der Waals surface area (Å²) in [4.78, 5) is 16.2. The van der Waals surface area contributed by atoms with E-state index in [2.05, 4.69) is 15.5 Å². The molecule has 0 radical (unpaired) electrons. The van der Waals surface area contributed by atoms with Crippen LogP contribution in [0.1, 0.15) is 39.0 Å². The fourth-order valence-electron chi connectivity index (χ4n) is 2.83. The second-order valence-electron chi connectivity index (χ2n) is 5.86. The molecule has 0 aliphatic heterocycles. The lowest BCUT2D eigenvalue weighted by Crippen LogP contribution is -2.24. The van der Waals surface area contributed by atoms with Gasteiger partial charge in [0.2, 0.25) is 0 Å². The van der Waals surface area contributed by atoms with Crippen molar-refractivity contribution in [3.63, 3.8) is 0 Å². The van der Waals surface area contributed by atoms with Gasteiger partial charge in [-0.05, 0) is 37.8 Å². The number of oxazole rings is 1. The monoisotopic (exact) mass is 331 g/mol. The van der Waals surface area contributed by atoms with Crippen LogP contribution in [0.3, 0.4) is 0 Å². The number of hydrogen-bond acceptors (Lipinski definition) is 5. The first-order valence-corrected chi connectivity index (χ1v) is 9.02. The maximum atomic E-state index is 11.9. The Bertz CT molecular complexity index is 672. The molecule has 1 saturated carbocycles. The SMILES string of the molecule is C/C(=N/NC(=O)CSc1nc2ccccc2o1)C1CCCCC1. The molecule has 1 heterocycles. The first-order valence-electron chi connectivity index (χ1n) is 8.04. The number of carbonyl (C=O) groups excluding carboxylic acids is 1. The van der Waals surface area contributed by atoms with Crippen molar-refractivity contribution in [1.82, 2.24) is 10.4 Å². The number of thioether (sulfide) groups is 1. The van der Waals surface area contributed by atoms with Crippen molar-refractivity contribution in [3.05, 3.63) is 24.3 Å². The molecular weight excluding hydrogens is 310 g/mol. The van der Waals surface area contributed by atoms with E-state index < -0.39 is 0 Å². The summed E-state index contributed by atoms with van der Waals surface area (Å²) >= 11 is 1.28. The largest absolute Gasteiger partial charge is 0.431 e. The Balaban J connectivity index is 1.49. The van der Waals surface area contributed by atoms with Gasteiger partial charge in [-0.2, -0.15) is 5.10 Å². The second-order valence-corrected chi connectivity index (χ2v) is 6.79. The van der Waals surface area contributed by atoms with E-state index in [0.717, 1.165) is 16.8 Å². The van der Waals surface area contributed by atoms with E-state index in [-0.39, 0.29) is 11.7 Å². The standard InChI is InChI=1S/C17H21N3O2S/c1-12(13-7-3-2-4-8-13)19-20-16(21)11-23-17-18-14-9-5-6-10-15(14)22-17/h5-6,9-10,13H,2-4,7-8,11H2,1H3,(H,20,21)/b19-12-. The number of para-hydroxylation sites is 2. The van der Waals surface area contributed by atoms with Crippen LogP contribution in [0.2, 0.25) is 0 Å². The molecule has 2 aromatic rings. The normalized spacial score (nSPS) is 16.7. The Hall–Kier alpha value is -1.82. The maximum absolute atomic E-state index is 11.9. The Labute approximate surface area is 139 Å². The van der Waals surface area contributed by atoms with E-state index in [1.54, 1.807) is 0 Å². The average Bonchev–Trinajstić information content (AvgIpc) is 3.01. The summed E-state index contributed by atoms with van der Waals surface area (Å²) in [6.45, 7) is 2.00. The minimum absolute atomic E-state index is 0.132. The van der Waals surface area contributed by atoms with E-state index in [9.17, 15) is 4.79 Å². The molecule has 1 aromatic carbocycles. The molecule has 0 atom stereocenters. The lowest BCUT2D eigenvalue weighted by molar-refractivity contribution is -0.118. The highest BCUT2D eigenvalue weighted by molar-refractivity contribution is 7.99. The zero-order chi connectivity index (χ0) is 16.1. The highest BCUT2D eigenvalue weighted by Gasteiger charge is 2.16. The molecular formula is C17H21N3O2S. The Kier molecular flexibility index (Phi) is 5.33. The summed E-state index contributed by atoms with van der Waals surface area (Å²) in [6, 6.07) is 7.57. The predicted octanol–water partition coefficient (Wildman–Crippen LogP) is 3.99. The van der Waals surface area contributed by atoms with Gasteiger partial charge in [0, 0.05) is 5.71 Å². The third kappa shape index (κ3) is 4.34. The molecule has 1 fully saturated rings. The van der Waals surface area contributed by atoms with Crippen molar-refractivity contribution >= 4 is 34.5 Å². The molecule has 0 unspecified atom stereocenters. The fraction of sp³-hybridized carbons (Fsp3) is 0.471. The summed E-state index contributed by atoms with van der Waals surface area (Å²) < 4.78 is 5.58. The summed E-state index contributed by atoms with van der Waals surface area (Å²) in [5.41, 5.74) is 5.22. The lowest BCUT2D eigenvalue weighted by Gasteiger charge is -2.21. The van der Waals surface area contributed by atoms with Crippen LogP contribution in [0, 0.1) is 5.92 Å². The highest BCUT2D eigenvalue weighted by atomic mass is 32.2. The quantitative estimate of drug-likeness (QED) is 0.511. The molecule has 122 valence electrons. The number of nitrogens with zero attached hydrogens (tertiary/aromatic N) is 2. The number of rotatable bonds is 5.